The minimum absolute atomic E-state index is 0.263. The molecule has 1 aromatic heterocycles. The number of rotatable bonds is 2. The van der Waals surface area contributed by atoms with Crippen molar-refractivity contribution in [3.8, 4) is 16.9 Å². The highest BCUT2D eigenvalue weighted by molar-refractivity contribution is 7.92. The number of aromatic nitrogens is 2. The van der Waals surface area contributed by atoms with Gasteiger partial charge in [-0.25, -0.2) is 22.5 Å². The minimum atomic E-state index is -3.33. The van der Waals surface area contributed by atoms with Crippen LogP contribution in [-0.2, 0) is 22.9 Å². The molecule has 0 amide bonds. The molecule has 2 aliphatic carbocycles. The van der Waals surface area contributed by atoms with Crippen LogP contribution in [0.4, 0.5) is 4.39 Å². The first-order valence-electron chi connectivity index (χ1n) is 10.6. The first-order valence-corrected chi connectivity index (χ1v) is 12.1. The smallest absolute Gasteiger partial charge is 0.234 e. The maximum Gasteiger partial charge on any atom is 0.234 e. The van der Waals surface area contributed by atoms with Crippen LogP contribution in [0, 0.1) is 17.7 Å². The minimum Gasteiger partial charge on any atom is -0.306 e. The van der Waals surface area contributed by atoms with Crippen LogP contribution in [-0.4, -0.2) is 23.5 Å². The van der Waals surface area contributed by atoms with Crippen molar-refractivity contribution in [2.45, 2.75) is 31.2 Å². The van der Waals surface area contributed by atoms with E-state index in [1.165, 1.54) is 28.7 Å². The second-order valence-electron chi connectivity index (χ2n) is 8.89. The summed E-state index contributed by atoms with van der Waals surface area (Å²) >= 11 is 0. The molecule has 3 aliphatic rings. The number of imidazole rings is 1. The summed E-state index contributed by atoms with van der Waals surface area (Å²) in [5.41, 5.74) is 4.89. The Morgan fingerprint density at radius 1 is 1.03 bits per heavy atom. The van der Waals surface area contributed by atoms with E-state index >= 15 is 0 Å². The molecule has 1 spiro atoms. The summed E-state index contributed by atoms with van der Waals surface area (Å²) in [6, 6.07) is 12.8. The third-order valence-corrected chi connectivity index (χ3v) is 8.33. The number of fused-ring (bicyclic) bond motifs is 1. The van der Waals surface area contributed by atoms with Crippen molar-refractivity contribution in [1.29, 1.82) is 0 Å². The van der Waals surface area contributed by atoms with Crippen molar-refractivity contribution in [2.24, 2.45) is 11.8 Å². The van der Waals surface area contributed by atoms with E-state index in [2.05, 4.69) is 27.9 Å². The molecule has 0 saturated heterocycles. The highest BCUT2D eigenvalue weighted by Crippen LogP contribution is 2.50. The molecule has 158 valence electrons. The molecule has 3 atom stereocenters. The molecule has 7 heteroatoms. The Morgan fingerprint density at radius 2 is 1.77 bits per heavy atom. The van der Waals surface area contributed by atoms with Crippen molar-refractivity contribution < 1.29 is 12.8 Å². The lowest BCUT2D eigenvalue weighted by atomic mass is 9.80. The number of halogens is 1. The molecular weight excluding hydrogens is 413 g/mol. The molecule has 5 nitrogen and oxygen atoms in total. The van der Waals surface area contributed by atoms with Gasteiger partial charge in [-0.1, -0.05) is 18.2 Å². The summed E-state index contributed by atoms with van der Waals surface area (Å²) in [6.07, 6.45) is 9.40. The van der Waals surface area contributed by atoms with Crippen molar-refractivity contribution in [1.82, 2.24) is 14.3 Å². The van der Waals surface area contributed by atoms with E-state index in [1.54, 1.807) is 18.5 Å². The Bertz CT molecular complexity index is 1310. The number of nitrogens with one attached hydrogen (secondary N) is 1. The van der Waals surface area contributed by atoms with Crippen LogP contribution < -0.4 is 4.72 Å². The van der Waals surface area contributed by atoms with E-state index in [-0.39, 0.29) is 17.7 Å². The lowest BCUT2D eigenvalue weighted by Gasteiger charge is -2.33. The molecule has 0 unspecified atom stereocenters. The van der Waals surface area contributed by atoms with Gasteiger partial charge in [-0.2, -0.15) is 0 Å². The summed E-state index contributed by atoms with van der Waals surface area (Å²) in [6.45, 7) is 0. The van der Waals surface area contributed by atoms with E-state index in [0.29, 0.717) is 0 Å². The molecule has 1 fully saturated rings. The van der Waals surface area contributed by atoms with Crippen LogP contribution in [0.3, 0.4) is 0 Å². The maximum absolute atomic E-state index is 13.2. The number of nitrogens with zero attached hydrogens (tertiary/aromatic N) is 2. The van der Waals surface area contributed by atoms with Crippen molar-refractivity contribution >= 4 is 10.0 Å². The van der Waals surface area contributed by atoms with E-state index < -0.39 is 15.6 Å². The van der Waals surface area contributed by atoms with Crippen molar-refractivity contribution in [3.63, 3.8) is 0 Å². The predicted molar refractivity (Wildman–Crippen MR) is 117 cm³/mol. The highest BCUT2D eigenvalue weighted by Gasteiger charge is 2.54. The average molecular weight is 436 g/mol. The molecule has 1 aliphatic heterocycles. The summed E-state index contributed by atoms with van der Waals surface area (Å²) in [5, 5.41) is 1.35. The number of benzene rings is 2. The van der Waals surface area contributed by atoms with Gasteiger partial charge >= 0.3 is 0 Å². The monoisotopic (exact) mass is 435 g/mol. The van der Waals surface area contributed by atoms with Gasteiger partial charge in [-0.3, -0.25) is 0 Å². The van der Waals surface area contributed by atoms with Crippen molar-refractivity contribution in [2.75, 3.05) is 0 Å². The van der Waals surface area contributed by atoms with Crippen LogP contribution in [0.15, 0.2) is 66.5 Å². The van der Waals surface area contributed by atoms with Gasteiger partial charge in [0.2, 0.25) is 10.0 Å². The number of hydrogen-bond donors (Lipinski definition) is 1. The van der Waals surface area contributed by atoms with Gasteiger partial charge in [0.05, 0.1) is 17.6 Å². The van der Waals surface area contributed by atoms with Crippen LogP contribution in [0.2, 0.25) is 0 Å². The van der Waals surface area contributed by atoms with Crippen LogP contribution >= 0.6 is 0 Å². The molecule has 2 heterocycles. The zero-order valence-corrected chi connectivity index (χ0v) is 17.6. The van der Waals surface area contributed by atoms with Crippen LogP contribution in [0.5, 0.6) is 0 Å². The Kier molecular flexibility index (Phi) is 4.04. The third-order valence-electron chi connectivity index (χ3n) is 7.20. The van der Waals surface area contributed by atoms with E-state index in [0.717, 1.165) is 42.6 Å². The SMILES string of the molecule is O=S1(=O)C=C[C@]2(N1)[C@@H]1CC[C@H]2Cc2ccc(-c3cn(-c4ccc(F)cc4)cn3)cc2C1. The Labute approximate surface area is 180 Å². The largest absolute Gasteiger partial charge is 0.306 e. The molecule has 6 rings (SSSR count). The van der Waals surface area contributed by atoms with Gasteiger partial charge < -0.3 is 4.57 Å². The number of sulfonamides is 1. The molecule has 0 radical (unpaired) electrons. The van der Waals surface area contributed by atoms with Crippen LogP contribution in [0.1, 0.15) is 24.0 Å². The summed E-state index contributed by atoms with van der Waals surface area (Å²) in [7, 11) is -3.33. The molecular formula is C24H22FN3O2S. The van der Waals surface area contributed by atoms with Gasteiger partial charge in [0.15, 0.2) is 0 Å². The van der Waals surface area contributed by atoms with Gasteiger partial charge in [0, 0.05) is 22.9 Å². The number of hydrogen-bond acceptors (Lipinski definition) is 3. The third kappa shape index (κ3) is 3.06. The molecule has 2 bridgehead atoms. The summed E-state index contributed by atoms with van der Waals surface area (Å²) in [4.78, 5) is 4.56. The Hall–Kier alpha value is -2.77. The zero-order chi connectivity index (χ0) is 21.2. The van der Waals surface area contributed by atoms with E-state index in [4.69, 9.17) is 0 Å². The van der Waals surface area contributed by atoms with Gasteiger partial charge in [0.25, 0.3) is 0 Å². The first-order chi connectivity index (χ1) is 14.9. The summed E-state index contributed by atoms with van der Waals surface area (Å²) < 4.78 is 42.4. The molecule has 1 N–H and O–H groups in total. The van der Waals surface area contributed by atoms with E-state index in [1.807, 2.05) is 16.8 Å². The maximum atomic E-state index is 13.2. The highest BCUT2D eigenvalue weighted by atomic mass is 32.2. The standard InChI is InChI=1S/C24H22FN3O2S/c25-21-5-7-22(8-6-21)28-14-23(26-15-28)17-2-1-16-12-19-3-4-20(13-18(16)11-17)24(19)9-10-31(29,30)27-24/h1-2,5-11,14-15,19-20,27H,3-4,12-13H2/t19-,20+,24+/m0/s1. The Balaban J connectivity index is 1.33. The first kappa shape index (κ1) is 19.0. The van der Waals surface area contributed by atoms with Gasteiger partial charge in [-0.15, -0.1) is 0 Å². The zero-order valence-electron chi connectivity index (χ0n) is 16.8. The second kappa shape index (κ2) is 6.61. The lowest BCUT2D eigenvalue weighted by molar-refractivity contribution is 0.295. The van der Waals surface area contributed by atoms with Gasteiger partial charge in [0.1, 0.15) is 5.82 Å². The molecule has 3 aromatic rings. The fraction of sp³-hybridized carbons (Fsp3) is 0.292. The topological polar surface area (TPSA) is 64.0 Å². The second-order valence-corrected chi connectivity index (χ2v) is 10.5. The van der Waals surface area contributed by atoms with Crippen LogP contribution in [0.25, 0.3) is 16.9 Å². The normalized spacial score (nSPS) is 28.0. The average Bonchev–Trinajstić information content (AvgIpc) is 3.40. The molecule has 1 saturated carbocycles. The fourth-order valence-corrected chi connectivity index (χ4v) is 7.01. The fourth-order valence-electron chi connectivity index (χ4n) is 5.64. The summed E-state index contributed by atoms with van der Waals surface area (Å²) in [5.74, 6) is 0.288. The predicted octanol–water partition coefficient (Wildman–Crippen LogP) is 3.99. The quantitative estimate of drug-likeness (QED) is 0.662. The van der Waals surface area contributed by atoms with Gasteiger partial charge in [-0.05, 0) is 79.0 Å². The molecule has 31 heavy (non-hydrogen) atoms. The Morgan fingerprint density at radius 3 is 2.48 bits per heavy atom. The lowest BCUT2D eigenvalue weighted by Crippen LogP contribution is -2.50. The van der Waals surface area contributed by atoms with Crippen molar-refractivity contribution in [3.05, 3.63) is 83.4 Å². The van der Waals surface area contributed by atoms with E-state index in [9.17, 15) is 12.8 Å². The molecule has 2 aromatic carbocycles.